The van der Waals surface area contributed by atoms with Gasteiger partial charge < -0.3 is 14.8 Å². The lowest BCUT2D eigenvalue weighted by Crippen LogP contribution is -2.45. The van der Waals surface area contributed by atoms with Crippen LogP contribution in [0.4, 0.5) is 0 Å². The topological polar surface area (TPSA) is 64.6 Å². The van der Waals surface area contributed by atoms with Crippen molar-refractivity contribution < 1.29 is 19.1 Å². The highest BCUT2D eigenvalue weighted by molar-refractivity contribution is 6.30. The minimum absolute atomic E-state index is 0.116. The van der Waals surface area contributed by atoms with Gasteiger partial charge in [-0.05, 0) is 47.9 Å². The van der Waals surface area contributed by atoms with Crippen LogP contribution in [0.1, 0.15) is 29.8 Å². The highest BCUT2D eigenvalue weighted by Crippen LogP contribution is 2.14. The van der Waals surface area contributed by atoms with Gasteiger partial charge in [-0.25, -0.2) is 4.79 Å². The summed E-state index contributed by atoms with van der Waals surface area (Å²) in [6.45, 7) is 3.82. The summed E-state index contributed by atoms with van der Waals surface area (Å²) in [6.07, 6.45) is 0. The zero-order valence-corrected chi connectivity index (χ0v) is 15.7. The average Bonchev–Trinajstić information content (AvgIpc) is 2.65. The fraction of sp³-hybridized carbons (Fsp3) is 0.300. The second kappa shape index (κ2) is 9.25. The zero-order valence-electron chi connectivity index (χ0n) is 15.0. The lowest BCUT2D eigenvalue weighted by Gasteiger charge is -2.21. The molecule has 26 heavy (non-hydrogen) atoms. The third-order valence-corrected chi connectivity index (χ3v) is 4.11. The molecule has 2 rings (SSSR count). The van der Waals surface area contributed by atoms with Crippen LogP contribution in [0.15, 0.2) is 48.5 Å². The van der Waals surface area contributed by atoms with Crippen molar-refractivity contribution in [3.8, 4) is 5.75 Å². The first-order valence-corrected chi connectivity index (χ1v) is 8.64. The molecule has 6 heteroatoms. The molecular formula is C20H22ClNO4. The summed E-state index contributed by atoms with van der Waals surface area (Å²) in [5.41, 5.74) is 1.27. The molecule has 138 valence electrons. The molecule has 1 unspecified atom stereocenters. The zero-order chi connectivity index (χ0) is 19.1. The third kappa shape index (κ3) is 5.49. The van der Waals surface area contributed by atoms with Crippen LogP contribution in [-0.2, 0) is 16.1 Å². The number of ether oxygens (including phenoxy) is 2. The summed E-state index contributed by atoms with van der Waals surface area (Å²) < 4.78 is 10.4. The number of rotatable bonds is 7. The molecule has 0 aliphatic carbocycles. The molecule has 2 aromatic carbocycles. The summed E-state index contributed by atoms with van der Waals surface area (Å²) in [6, 6.07) is 13.0. The number of halogens is 1. The highest BCUT2D eigenvalue weighted by atomic mass is 35.5. The Morgan fingerprint density at radius 3 is 2.19 bits per heavy atom. The van der Waals surface area contributed by atoms with Crippen LogP contribution in [0, 0.1) is 5.92 Å². The number of benzene rings is 2. The quantitative estimate of drug-likeness (QED) is 0.746. The normalized spacial score (nSPS) is 11.7. The van der Waals surface area contributed by atoms with Gasteiger partial charge in [0.2, 0.25) is 0 Å². The summed E-state index contributed by atoms with van der Waals surface area (Å²) in [4.78, 5) is 24.8. The monoisotopic (exact) mass is 375 g/mol. The van der Waals surface area contributed by atoms with Crippen LogP contribution in [-0.4, -0.2) is 25.0 Å². The third-order valence-electron chi connectivity index (χ3n) is 3.85. The Morgan fingerprint density at radius 1 is 1.04 bits per heavy atom. The lowest BCUT2D eigenvalue weighted by atomic mass is 10.0. The van der Waals surface area contributed by atoms with Gasteiger partial charge in [0, 0.05) is 10.6 Å². The number of carbonyl (C=O) groups excluding carboxylic acids is 2. The van der Waals surface area contributed by atoms with E-state index in [2.05, 4.69) is 5.32 Å². The Morgan fingerprint density at radius 2 is 1.65 bits per heavy atom. The Balaban J connectivity index is 1.98. The van der Waals surface area contributed by atoms with E-state index in [0.29, 0.717) is 16.3 Å². The smallest absolute Gasteiger partial charge is 0.329 e. The second-order valence-corrected chi connectivity index (χ2v) is 6.59. The van der Waals surface area contributed by atoms with Crippen LogP contribution in [0.25, 0.3) is 0 Å². The van der Waals surface area contributed by atoms with Gasteiger partial charge in [0.1, 0.15) is 18.4 Å². The van der Waals surface area contributed by atoms with E-state index in [4.69, 9.17) is 21.1 Å². The van der Waals surface area contributed by atoms with Gasteiger partial charge >= 0.3 is 5.97 Å². The maximum Gasteiger partial charge on any atom is 0.329 e. The fourth-order valence-electron chi connectivity index (χ4n) is 2.29. The van der Waals surface area contributed by atoms with E-state index in [1.54, 1.807) is 55.6 Å². The van der Waals surface area contributed by atoms with E-state index in [0.717, 1.165) is 5.56 Å². The lowest BCUT2D eigenvalue weighted by molar-refractivity contribution is -0.148. The van der Waals surface area contributed by atoms with E-state index in [1.165, 1.54) is 0 Å². The Labute approximate surface area is 158 Å². The summed E-state index contributed by atoms with van der Waals surface area (Å²) in [5, 5.41) is 3.36. The molecule has 1 amide bonds. The van der Waals surface area contributed by atoms with E-state index >= 15 is 0 Å². The van der Waals surface area contributed by atoms with Gasteiger partial charge in [-0.2, -0.15) is 0 Å². The van der Waals surface area contributed by atoms with Gasteiger partial charge in [-0.3, -0.25) is 4.79 Å². The number of esters is 1. The predicted octanol–water partition coefficient (Wildman–Crippen LogP) is 3.85. The van der Waals surface area contributed by atoms with E-state index in [9.17, 15) is 9.59 Å². The first-order chi connectivity index (χ1) is 12.4. The molecule has 0 radical (unpaired) electrons. The van der Waals surface area contributed by atoms with E-state index in [1.807, 2.05) is 13.8 Å². The average molecular weight is 376 g/mol. The Hall–Kier alpha value is -2.53. The molecule has 0 aromatic heterocycles. The van der Waals surface area contributed by atoms with Crippen molar-refractivity contribution in [2.24, 2.45) is 5.92 Å². The minimum Gasteiger partial charge on any atom is -0.497 e. The Bertz CT molecular complexity index is 741. The van der Waals surface area contributed by atoms with Crippen molar-refractivity contribution in [2.75, 3.05) is 7.11 Å². The van der Waals surface area contributed by atoms with Crippen LogP contribution < -0.4 is 10.1 Å². The molecule has 1 atom stereocenters. The number of carbonyl (C=O) groups is 2. The van der Waals surface area contributed by atoms with Crippen LogP contribution in [0.3, 0.4) is 0 Å². The van der Waals surface area contributed by atoms with E-state index < -0.39 is 12.0 Å². The molecule has 0 aliphatic heterocycles. The van der Waals surface area contributed by atoms with Crippen molar-refractivity contribution in [2.45, 2.75) is 26.5 Å². The maximum absolute atomic E-state index is 12.4. The number of nitrogens with one attached hydrogen (secondary N) is 1. The van der Waals surface area contributed by atoms with Crippen molar-refractivity contribution >= 4 is 23.5 Å². The molecular weight excluding hydrogens is 354 g/mol. The second-order valence-electron chi connectivity index (χ2n) is 6.16. The molecule has 5 nitrogen and oxygen atoms in total. The van der Waals surface area contributed by atoms with E-state index in [-0.39, 0.29) is 18.4 Å². The van der Waals surface area contributed by atoms with Gasteiger partial charge in [-0.1, -0.05) is 37.6 Å². The highest BCUT2D eigenvalue weighted by Gasteiger charge is 2.26. The number of hydrogen-bond donors (Lipinski definition) is 1. The summed E-state index contributed by atoms with van der Waals surface area (Å²) in [5.74, 6) is -0.272. The van der Waals surface area contributed by atoms with Crippen LogP contribution in [0.5, 0.6) is 5.75 Å². The van der Waals surface area contributed by atoms with Crippen LogP contribution >= 0.6 is 11.6 Å². The van der Waals surface area contributed by atoms with Crippen molar-refractivity contribution in [1.29, 1.82) is 0 Å². The standard InChI is InChI=1S/C20H22ClNO4/c1-13(2)18(20(24)26-12-14-4-8-16(21)9-5-14)22-19(23)15-6-10-17(25-3)11-7-15/h4-11,13,18H,12H2,1-3H3,(H,22,23). The molecule has 1 N–H and O–H groups in total. The summed E-state index contributed by atoms with van der Waals surface area (Å²) in [7, 11) is 1.56. The number of amides is 1. The van der Waals surface area contributed by atoms with Crippen molar-refractivity contribution in [3.63, 3.8) is 0 Å². The molecule has 0 heterocycles. The van der Waals surface area contributed by atoms with Crippen molar-refractivity contribution in [1.82, 2.24) is 5.32 Å². The predicted molar refractivity (Wildman–Crippen MR) is 100 cm³/mol. The minimum atomic E-state index is -0.739. The van der Waals surface area contributed by atoms with Gasteiger partial charge in [0.25, 0.3) is 5.91 Å². The molecule has 0 spiro atoms. The van der Waals surface area contributed by atoms with Crippen molar-refractivity contribution in [3.05, 3.63) is 64.7 Å². The van der Waals surface area contributed by atoms with Gasteiger partial charge in [-0.15, -0.1) is 0 Å². The Kier molecular flexibility index (Phi) is 7.04. The van der Waals surface area contributed by atoms with Gasteiger partial charge in [0.05, 0.1) is 7.11 Å². The molecule has 0 bridgehead atoms. The first kappa shape index (κ1) is 19.8. The van der Waals surface area contributed by atoms with Crippen LogP contribution in [0.2, 0.25) is 5.02 Å². The molecule has 0 aliphatic rings. The SMILES string of the molecule is COc1ccc(C(=O)NC(C(=O)OCc2ccc(Cl)cc2)C(C)C)cc1. The largest absolute Gasteiger partial charge is 0.497 e. The van der Waals surface area contributed by atoms with Gasteiger partial charge in [0.15, 0.2) is 0 Å². The fourth-order valence-corrected chi connectivity index (χ4v) is 2.42. The molecule has 0 saturated heterocycles. The number of hydrogen-bond acceptors (Lipinski definition) is 4. The first-order valence-electron chi connectivity index (χ1n) is 8.26. The molecule has 0 fully saturated rings. The summed E-state index contributed by atoms with van der Waals surface area (Å²) >= 11 is 5.84. The number of methoxy groups -OCH3 is 1. The molecule has 2 aromatic rings. The molecule has 0 saturated carbocycles. The maximum atomic E-state index is 12.4.